The summed E-state index contributed by atoms with van der Waals surface area (Å²) >= 11 is 5.92. The van der Waals surface area contributed by atoms with E-state index in [1.165, 1.54) is 24.3 Å². The first kappa shape index (κ1) is 16.8. The van der Waals surface area contributed by atoms with E-state index in [0.29, 0.717) is 10.8 Å². The van der Waals surface area contributed by atoms with E-state index in [0.717, 1.165) is 5.56 Å². The van der Waals surface area contributed by atoms with Crippen LogP contribution >= 0.6 is 11.6 Å². The molecule has 0 heterocycles. The first-order valence-corrected chi connectivity index (χ1v) is 7.25. The molecule has 0 aliphatic heterocycles. The monoisotopic (exact) mass is 334 g/mol. The molecule has 0 fully saturated rings. The van der Waals surface area contributed by atoms with Crippen molar-refractivity contribution in [3.05, 3.63) is 69.2 Å². The van der Waals surface area contributed by atoms with Crippen LogP contribution in [-0.2, 0) is 4.79 Å². The predicted molar refractivity (Wildman–Crippen MR) is 86.6 cm³/mol. The zero-order chi connectivity index (χ0) is 16.8. The number of non-ortho nitro benzene ring substituents is 1. The van der Waals surface area contributed by atoms with Gasteiger partial charge < -0.3 is 10.1 Å². The lowest BCUT2D eigenvalue weighted by atomic mass is 10.1. The van der Waals surface area contributed by atoms with Crippen LogP contribution in [-0.4, -0.2) is 17.4 Å². The Morgan fingerprint density at radius 2 is 2.00 bits per heavy atom. The topological polar surface area (TPSA) is 81.5 Å². The molecule has 6 nitrogen and oxygen atoms in total. The maximum Gasteiger partial charge on any atom is 0.269 e. The molecule has 1 amide bonds. The van der Waals surface area contributed by atoms with Gasteiger partial charge in [-0.3, -0.25) is 14.9 Å². The number of nitro groups is 1. The zero-order valence-corrected chi connectivity index (χ0v) is 13.1. The van der Waals surface area contributed by atoms with E-state index in [9.17, 15) is 14.9 Å². The van der Waals surface area contributed by atoms with E-state index in [-0.39, 0.29) is 24.2 Å². The normalized spacial score (nSPS) is 11.6. The average Bonchev–Trinajstić information content (AvgIpc) is 2.53. The highest BCUT2D eigenvalue weighted by molar-refractivity contribution is 6.30. The lowest BCUT2D eigenvalue weighted by molar-refractivity contribution is -0.384. The molecule has 1 atom stereocenters. The van der Waals surface area contributed by atoms with Crippen molar-refractivity contribution >= 4 is 23.2 Å². The minimum Gasteiger partial charge on any atom is -0.484 e. The largest absolute Gasteiger partial charge is 0.484 e. The number of nitrogens with zero attached hydrogens (tertiary/aromatic N) is 1. The van der Waals surface area contributed by atoms with E-state index in [2.05, 4.69) is 5.32 Å². The number of hydrogen-bond donors (Lipinski definition) is 1. The summed E-state index contributed by atoms with van der Waals surface area (Å²) in [6, 6.07) is 12.6. The molecule has 2 aromatic carbocycles. The molecule has 0 radical (unpaired) electrons. The third-order valence-electron chi connectivity index (χ3n) is 3.14. The number of ether oxygens (including phenoxy) is 1. The minimum absolute atomic E-state index is 0.0311. The Morgan fingerprint density at radius 3 is 2.61 bits per heavy atom. The van der Waals surface area contributed by atoms with E-state index in [1.807, 2.05) is 19.1 Å². The Kier molecular flexibility index (Phi) is 5.54. The molecule has 0 aromatic heterocycles. The van der Waals surface area contributed by atoms with Crippen molar-refractivity contribution in [3.8, 4) is 5.75 Å². The Labute approximate surface area is 138 Å². The molecule has 1 N–H and O–H groups in total. The van der Waals surface area contributed by atoms with E-state index < -0.39 is 4.92 Å². The summed E-state index contributed by atoms with van der Waals surface area (Å²) in [4.78, 5) is 21.9. The summed E-state index contributed by atoms with van der Waals surface area (Å²) < 4.78 is 5.30. The molecular weight excluding hydrogens is 320 g/mol. The number of rotatable bonds is 6. The fraction of sp³-hybridized carbons (Fsp3) is 0.188. The molecule has 0 aliphatic carbocycles. The third kappa shape index (κ3) is 4.96. The van der Waals surface area contributed by atoms with Gasteiger partial charge in [-0.25, -0.2) is 0 Å². The van der Waals surface area contributed by atoms with E-state index >= 15 is 0 Å². The van der Waals surface area contributed by atoms with Gasteiger partial charge in [-0.05, 0) is 36.8 Å². The lowest BCUT2D eigenvalue weighted by Crippen LogP contribution is -2.31. The van der Waals surface area contributed by atoms with Crippen molar-refractivity contribution in [1.29, 1.82) is 0 Å². The molecular formula is C16H15ClN2O4. The summed E-state index contributed by atoms with van der Waals surface area (Å²) in [6.45, 7) is 1.66. The SMILES string of the molecule is C[C@H](NC(=O)COc1ccc([N+](=O)[O-])cc1)c1cccc(Cl)c1. The van der Waals surface area contributed by atoms with Crippen molar-refractivity contribution in [2.75, 3.05) is 6.61 Å². The number of nitro benzene ring substituents is 1. The van der Waals surface area contributed by atoms with E-state index in [1.54, 1.807) is 12.1 Å². The maximum absolute atomic E-state index is 11.9. The van der Waals surface area contributed by atoms with Crippen LogP contribution in [0.3, 0.4) is 0 Å². The number of nitrogens with one attached hydrogen (secondary N) is 1. The standard InChI is InChI=1S/C16H15ClN2O4/c1-11(12-3-2-4-13(17)9-12)18-16(20)10-23-15-7-5-14(6-8-15)19(21)22/h2-9,11H,10H2,1H3,(H,18,20)/t11-/m0/s1. The van der Waals surface area contributed by atoms with Crippen LogP contribution < -0.4 is 10.1 Å². The Balaban J connectivity index is 1.86. The maximum atomic E-state index is 11.9. The number of benzene rings is 2. The van der Waals surface area contributed by atoms with Crippen LogP contribution in [0.1, 0.15) is 18.5 Å². The van der Waals surface area contributed by atoms with Crippen molar-refractivity contribution in [2.24, 2.45) is 0 Å². The van der Waals surface area contributed by atoms with Gasteiger partial charge in [-0.15, -0.1) is 0 Å². The molecule has 7 heteroatoms. The molecule has 0 saturated carbocycles. The van der Waals surface area contributed by atoms with Crippen LogP contribution in [0.2, 0.25) is 5.02 Å². The smallest absolute Gasteiger partial charge is 0.269 e. The number of carbonyl (C=O) groups excluding carboxylic acids is 1. The van der Waals surface area contributed by atoms with Gasteiger partial charge in [0, 0.05) is 17.2 Å². The van der Waals surface area contributed by atoms with Crippen LogP contribution in [0.4, 0.5) is 5.69 Å². The molecule has 23 heavy (non-hydrogen) atoms. The van der Waals surface area contributed by atoms with Gasteiger partial charge in [0.05, 0.1) is 11.0 Å². The molecule has 0 unspecified atom stereocenters. The van der Waals surface area contributed by atoms with Crippen molar-refractivity contribution in [1.82, 2.24) is 5.32 Å². The molecule has 2 aromatic rings. The number of carbonyl (C=O) groups is 1. The van der Waals surface area contributed by atoms with Crippen molar-refractivity contribution < 1.29 is 14.5 Å². The Hall–Kier alpha value is -2.60. The fourth-order valence-corrected chi connectivity index (χ4v) is 2.15. The van der Waals surface area contributed by atoms with Crippen molar-refractivity contribution in [2.45, 2.75) is 13.0 Å². The fourth-order valence-electron chi connectivity index (χ4n) is 1.96. The molecule has 2 rings (SSSR count). The lowest BCUT2D eigenvalue weighted by Gasteiger charge is -2.15. The van der Waals surface area contributed by atoms with Crippen LogP contribution in [0, 0.1) is 10.1 Å². The Bertz CT molecular complexity index is 703. The predicted octanol–water partition coefficient (Wildman–Crippen LogP) is 3.50. The molecule has 0 bridgehead atoms. The minimum atomic E-state index is -0.497. The van der Waals surface area contributed by atoms with Crippen LogP contribution in [0.15, 0.2) is 48.5 Å². The van der Waals surface area contributed by atoms with Gasteiger partial charge >= 0.3 is 0 Å². The Morgan fingerprint density at radius 1 is 1.30 bits per heavy atom. The first-order valence-electron chi connectivity index (χ1n) is 6.88. The quantitative estimate of drug-likeness (QED) is 0.647. The average molecular weight is 335 g/mol. The van der Waals surface area contributed by atoms with Gasteiger partial charge in [0.2, 0.25) is 0 Å². The number of amides is 1. The highest BCUT2D eigenvalue weighted by Crippen LogP contribution is 2.18. The van der Waals surface area contributed by atoms with Crippen LogP contribution in [0.5, 0.6) is 5.75 Å². The van der Waals surface area contributed by atoms with Gasteiger partial charge in [-0.2, -0.15) is 0 Å². The second kappa shape index (κ2) is 7.60. The highest BCUT2D eigenvalue weighted by Gasteiger charge is 2.11. The van der Waals surface area contributed by atoms with Crippen molar-refractivity contribution in [3.63, 3.8) is 0 Å². The number of hydrogen-bond acceptors (Lipinski definition) is 4. The summed E-state index contributed by atoms with van der Waals surface area (Å²) in [5.74, 6) is 0.0944. The second-order valence-corrected chi connectivity index (χ2v) is 5.32. The zero-order valence-electron chi connectivity index (χ0n) is 12.4. The summed E-state index contributed by atoms with van der Waals surface area (Å²) in [5, 5.41) is 13.9. The molecule has 0 saturated heterocycles. The first-order chi connectivity index (χ1) is 11.0. The number of halogens is 1. The van der Waals surface area contributed by atoms with E-state index in [4.69, 9.17) is 16.3 Å². The summed E-state index contributed by atoms with van der Waals surface area (Å²) in [6.07, 6.45) is 0. The highest BCUT2D eigenvalue weighted by atomic mass is 35.5. The third-order valence-corrected chi connectivity index (χ3v) is 3.38. The van der Waals surface area contributed by atoms with Gasteiger partial charge in [0.15, 0.2) is 6.61 Å². The van der Waals surface area contributed by atoms with Gasteiger partial charge in [0.25, 0.3) is 11.6 Å². The molecule has 120 valence electrons. The summed E-state index contributed by atoms with van der Waals surface area (Å²) in [5.41, 5.74) is 0.859. The van der Waals surface area contributed by atoms with Gasteiger partial charge in [0.1, 0.15) is 5.75 Å². The summed E-state index contributed by atoms with van der Waals surface area (Å²) in [7, 11) is 0. The van der Waals surface area contributed by atoms with Crippen LogP contribution in [0.25, 0.3) is 0 Å². The molecule has 0 spiro atoms. The second-order valence-electron chi connectivity index (χ2n) is 4.88. The molecule has 0 aliphatic rings. The van der Waals surface area contributed by atoms with Gasteiger partial charge in [-0.1, -0.05) is 23.7 Å².